The first-order chi connectivity index (χ1) is 10.6. The van der Waals surface area contributed by atoms with Crippen molar-refractivity contribution >= 4 is 39.6 Å². The van der Waals surface area contributed by atoms with Gasteiger partial charge in [-0.3, -0.25) is 14.5 Å². The average Bonchev–Trinajstić information content (AvgIpc) is 3.16. The molecule has 0 aliphatic carbocycles. The van der Waals surface area contributed by atoms with Crippen molar-refractivity contribution in [3.8, 4) is 0 Å². The molecular weight excluding hydrogens is 318 g/mol. The van der Waals surface area contributed by atoms with Crippen molar-refractivity contribution in [3.05, 3.63) is 33.5 Å². The predicted octanol–water partition coefficient (Wildman–Crippen LogP) is 2.32. The molecule has 0 saturated carbocycles. The van der Waals surface area contributed by atoms with E-state index in [2.05, 4.69) is 18.0 Å². The van der Waals surface area contributed by atoms with Gasteiger partial charge in [0.15, 0.2) is 5.13 Å². The number of anilines is 1. The molecule has 3 heterocycles. The smallest absolute Gasteiger partial charge is 0.248 e. The van der Waals surface area contributed by atoms with Gasteiger partial charge >= 0.3 is 0 Å². The molecule has 22 heavy (non-hydrogen) atoms. The Labute approximate surface area is 137 Å². The Morgan fingerprint density at radius 2 is 2.18 bits per heavy atom. The summed E-state index contributed by atoms with van der Waals surface area (Å²) < 4.78 is 0. The Bertz CT molecular complexity index is 666. The number of carbonyl (C=O) groups is 2. The molecule has 2 amide bonds. The van der Waals surface area contributed by atoms with Crippen LogP contribution in [0.3, 0.4) is 0 Å². The van der Waals surface area contributed by atoms with Crippen LogP contribution < -0.4 is 4.90 Å². The number of aromatic nitrogens is 1. The van der Waals surface area contributed by atoms with Crippen LogP contribution in [0.25, 0.3) is 0 Å². The zero-order valence-electron chi connectivity index (χ0n) is 12.3. The quantitative estimate of drug-likeness (QED) is 0.862. The van der Waals surface area contributed by atoms with Crippen molar-refractivity contribution in [3.63, 3.8) is 0 Å². The van der Waals surface area contributed by atoms with Gasteiger partial charge in [0.2, 0.25) is 11.8 Å². The molecule has 2 aromatic rings. The minimum absolute atomic E-state index is 0.0538. The molecule has 0 radical (unpaired) electrons. The van der Waals surface area contributed by atoms with Crippen molar-refractivity contribution in [1.82, 2.24) is 9.88 Å². The molecule has 3 rings (SSSR count). The van der Waals surface area contributed by atoms with Crippen LogP contribution in [-0.2, 0) is 16.0 Å². The van der Waals surface area contributed by atoms with Gasteiger partial charge in [0.25, 0.3) is 0 Å². The molecule has 0 atom stereocenters. The van der Waals surface area contributed by atoms with Crippen LogP contribution >= 0.6 is 22.7 Å². The second kappa shape index (κ2) is 6.58. The SMILES string of the molecule is Cc1ccsc1CCC(=O)N1CCN(c2nccs2)C(=O)C1. The fourth-order valence-electron chi connectivity index (χ4n) is 2.48. The predicted molar refractivity (Wildman–Crippen MR) is 88.4 cm³/mol. The number of thiazole rings is 1. The van der Waals surface area contributed by atoms with Gasteiger partial charge in [0.05, 0.1) is 0 Å². The molecule has 2 aromatic heterocycles. The number of thiophene rings is 1. The van der Waals surface area contributed by atoms with E-state index in [1.807, 2.05) is 10.8 Å². The van der Waals surface area contributed by atoms with Gasteiger partial charge in [-0.25, -0.2) is 4.98 Å². The largest absolute Gasteiger partial charge is 0.332 e. The first-order valence-electron chi connectivity index (χ1n) is 7.16. The van der Waals surface area contributed by atoms with Crippen molar-refractivity contribution in [1.29, 1.82) is 0 Å². The lowest BCUT2D eigenvalue weighted by Gasteiger charge is -2.32. The Hall–Kier alpha value is -1.73. The fraction of sp³-hybridized carbons (Fsp3) is 0.400. The second-order valence-electron chi connectivity index (χ2n) is 5.20. The summed E-state index contributed by atoms with van der Waals surface area (Å²) >= 11 is 3.13. The van der Waals surface area contributed by atoms with E-state index in [1.54, 1.807) is 27.3 Å². The summed E-state index contributed by atoms with van der Waals surface area (Å²) in [5, 5.41) is 4.61. The topological polar surface area (TPSA) is 53.5 Å². The maximum atomic E-state index is 12.3. The summed E-state index contributed by atoms with van der Waals surface area (Å²) in [6, 6.07) is 2.07. The van der Waals surface area contributed by atoms with Gasteiger partial charge in [-0.2, -0.15) is 0 Å². The van der Waals surface area contributed by atoms with Crippen LogP contribution in [0.5, 0.6) is 0 Å². The first-order valence-corrected chi connectivity index (χ1v) is 8.91. The summed E-state index contributed by atoms with van der Waals surface area (Å²) in [7, 11) is 0. The van der Waals surface area contributed by atoms with E-state index in [0.29, 0.717) is 24.6 Å². The molecule has 0 bridgehead atoms. The number of amides is 2. The summed E-state index contributed by atoms with van der Waals surface area (Å²) in [6.07, 6.45) is 2.91. The molecule has 1 aliphatic rings. The minimum atomic E-state index is -0.0538. The number of carbonyl (C=O) groups excluding carboxylic acids is 2. The first kappa shape index (κ1) is 15.2. The molecule has 5 nitrogen and oxygen atoms in total. The lowest BCUT2D eigenvalue weighted by atomic mass is 10.2. The summed E-state index contributed by atoms with van der Waals surface area (Å²) in [5.74, 6) is 0.00166. The van der Waals surface area contributed by atoms with Gasteiger partial charge in [-0.15, -0.1) is 22.7 Å². The summed E-state index contributed by atoms with van der Waals surface area (Å²) in [6.45, 7) is 3.32. The van der Waals surface area contributed by atoms with Crippen LogP contribution in [-0.4, -0.2) is 41.3 Å². The summed E-state index contributed by atoms with van der Waals surface area (Å²) in [5.41, 5.74) is 1.24. The number of piperazine rings is 1. The standard InChI is InChI=1S/C15H17N3O2S2/c1-11-4-8-21-12(11)2-3-13(19)17-6-7-18(14(20)10-17)15-16-5-9-22-15/h4-5,8-9H,2-3,6-7,10H2,1H3. The normalized spacial score (nSPS) is 15.4. The van der Waals surface area contributed by atoms with Crippen molar-refractivity contribution < 1.29 is 9.59 Å². The van der Waals surface area contributed by atoms with E-state index in [1.165, 1.54) is 21.8 Å². The molecule has 0 spiro atoms. The molecular formula is C15H17N3O2S2. The maximum absolute atomic E-state index is 12.3. The second-order valence-corrected chi connectivity index (χ2v) is 7.08. The Kier molecular flexibility index (Phi) is 4.54. The zero-order chi connectivity index (χ0) is 15.5. The number of hydrogen-bond acceptors (Lipinski definition) is 5. The van der Waals surface area contributed by atoms with Crippen LogP contribution in [0.15, 0.2) is 23.0 Å². The van der Waals surface area contributed by atoms with Gasteiger partial charge in [0.1, 0.15) is 6.54 Å². The Morgan fingerprint density at radius 1 is 1.32 bits per heavy atom. The third-order valence-electron chi connectivity index (χ3n) is 3.76. The third-order valence-corrected chi connectivity index (χ3v) is 5.63. The number of aryl methyl sites for hydroxylation is 2. The van der Waals surface area contributed by atoms with E-state index in [9.17, 15) is 9.59 Å². The maximum Gasteiger partial charge on any atom is 0.248 e. The van der Waals surface area contributed by atoms with Crippen molar-refractivity contribution in [2.45, 2.75) is 19.8 Å². The fourth-order valence-corrected chi connectivity index (χ4v) is 4.07. The van der Waals surface area contributed by atoms with Crippen LogP contribution in [0, 0.1) is 6.92 Å². The highest BCUT2D eigenvalue weighted by Gasteiger charge is 2.28. The highest BCUT2D eigenvalue weighted by atomic mass is 32.1. The molecule has 7 heteroatoms. The monoisotopic (exact) mass is 335 g/mol. The summed E-state index contributed by atoms with van der Waals surface area (Å²) in [4.78, 5) is 33.2. The zero-order valence-corrected chi connectivity index (χ0v) is 14.0. The van der Waals surface area contributed by atoms with E-state index in [-0.39, 0.29) is 18.4 Å². The highest BCUT2D eigenvalue weighted by Crippen LogP contribution is 2.21. The Morgan fingerprint density at radius 3 is 2.82 bits per heavy atom. The van der Waals surface area contributed by atoms with Gasteiger partial charge in [0, 0.05) is 36.0 Å². The third kappa shape index (κ3) is 3.20. The van der Waals surface area contributed by atoms with Crippen LogP contribution in [0.2, 0.25) is 0 Å². The van der Waals surface area contributed by atoms with E-state index in [0.717, 1.165) is 6.42 Å². The average molecular weight is 335 g/mol. The molecule has 116 valence electrons. The minimum Gasteiger partial charge on any atom is -0.332 e. The number of nitrogens with zero attached hydrogens (tertiary/aromatic N) is 3. The van der Waals surface area contributed by atoms with Gasteiger partial charge < -0.3 is 4.90 Å². The van der Waals surface area contributed by atoms with Gasteiger partial charge in [-0.05, 0) is 30.4 Å². The number of hydrogen-bond donors (Lipinski definition) is 0. The van der Waals surface area contributed by atoms with Crippen molar-refractivity contribution in [2.24, 2.45) is 0 Å². The van der Waals surface area contributed by atoms with E-state index >= 15 is 0 Å². The molecule has 0 aromatic carbocycles. The van der Waals surface area contributed by atoms with Gasteiger partial charge in [-0.1, -0.05) is 0 Å². The number of rotatable bonds is 4. The van der Waals surface area contributed by atoms with Crippen LogP contribution in [0.1, 0.15) is 16.9 Å². The van der Waals surface area contributed by atoms with E-state index in [4.69, 9.17) is 0 Å². The highest BCUT2D eigenvalue weighted by molar-refractivity contribution is 7.13. The lowest BCUT2D eigenvalue weighted by Crippen LogP contribution is -2.52. The van der Waals surface area contributed by atoms with E-state index < -0.39 is 0 Å². The molecule has 1 fully saturated rings. The molecule has 0 unspecified atom stereocenters. The molecule has 1 aliphatic heterocycles. The molecule has 0 N–H and O–H groups in total. The lowest BCUT2D eigenvalue weighted by molar-refractivity contribution is -0.136. The van der Waals surface area contributed by atoms with Crippen LogP contribution in [0.4, 0.5) is 5.13 Å². The Balaban J connectivity index is 1.55. The van der Waals surface area contributed by atoms with Crippen molar-refractivity contribution in [2.75, 3.05) is 24.5 Å². The molecule has 1 saturated heterocycles.